The molecule has 156 valence electrons. The van der Waals surface area contributed by atoms with E-state index >= 15 is 0 Å². The minimum Gasteiger partial charge on any atom is -0.462 e. The van der Waals surface area contributed by atoms with Crippen LogP contribution in [0.2, 0.25) is 10.0 Å². The first-order valence-corrected chi connectivity index (χ1v) is 11.3. The number of thiophene rings is 1. The van der Waals surface area contributed by atoms with Crippen molar-refractivity contribution in [2.45, 2.75) is 47.0 Å². The summed E-state index contributed by atoms with van der Waals surface area (Å²) in [6, 6.07) is 4.71. The normalized spacial score (nSPS) is 16.3. The summed E-state index contributed by atoms with van der Waals surface area (Å²) in [6.07, 6.45) is 2.73. The number of anilines is 1. The molecule has 1 aromatic carbocycles. The summed E-state index contributed by atoms with van der Waals surface area (Å²) in [5, 5.41) is 4.13. The van der Waals surface area contributed by atoms with Crippen LogP contribution < -0.4 is 5.32 Å². The second kappa shape index (κ2) is 8.66. The quantitative estimate of drug-likeness (QED) is 0.528. The van der Waals surface area contributed by atoms with Gasteiger partial charge in [0.1, 0.15) is 5.00 Å². The zero-order valence-corrected chi connectivity index (χ0v) is 19.4. The maximum atomic E-state index is 12.8. The molecule has 1 unspecified atom stereocenters. The van der Waals surface area contributed by atoms with Crippen molar-refractivity contribution in [3.63, 3.8) is 0 Å². The molecule has 4 nitrogen and oxygen atoms in total. The number of esters is 1. The van der Waals surface area contributed by atoms with Crippen LogP contribution in [0.15, 0.2) is 18.2 Å². The second-order valence-electron chi connectivity index (χ2n) is 8.32. The molecule has 1 aliphatic rings. The Morgan fingerprint density at radius 3 is 2.59 bits per heavy atom. The first-order chi connectivity index (χ1) is 13.6. The van der Waals surface area contributed by atoms with E-state index in [0.29, 0.717) is 32.1 Å². The Morgan fingerprint density at radius 1 is 1.24 bits per heavy atom. The van der Waals surface area contributed by atoms with Crippen molar-refractivity contribution in [1.29, 1.82) is 0 Å². The molecule has 1 amide bonds. The number of carbonyl (C=O) groups is 2. The number of ether oxygens (including phenoxy) is 1. The molecule has 0 saturated carbocycles. The number of fused-ring (bicyclic) bond motifs is 1. The van der Waals surface area contributed by atoms with Crippen molar-refractivity contribution in [2.24, 2.45) is 11.3 Å². The number of nitrogens with one attached hydrogen (secondary N) is 1. The second-order valence-corrected chi connectivity index (χ2v) is 10.2. The lowest BCUT2D eigenvalue weighted by Gasteiger charge is -2.33. The molecule has 0 radical (unpaired) electrons. The van der Waals surface area contributed by atoms with E-state index < -0.39 is 0 Å². The zero-order chi connectivity index (χ0) is 21.3. The summed E-state index contributed by atoms with van der Waals surface area (Å²) in [5.74, 6) is -0.189. The van der Waals surface area contributed by atoms with Crippen molar-refractivity contribution < 1.29 is 14.3 Å². The molecule has 1 N–H and O–H groups in total. The predicted octanol–water partition coefficient (Wildman–Crippen LogP) is 6.63. The van der Waals surface area contributed by atoms with E-state index in [4.69, 9.17) is 27.9 Å². The fraction of sp³-hybridized carbons (Fsp3) is 0.455. The molecule has 0 saturated heterocycles. The van der Waals surface area contributed by atoms with Crippen LogP contribution in [0, 0.1) is 11.3 Å². The van der Waals surface area contributed by atoms with E-state index in [0.717, 1.165) is 29.7 Å². The van der Waals surface area contributed by atoms with Gasteiger partial charge >= 0.3 is 5.97 Å². The van der Waals surface area contributed by atoms with E-state index in [1.165, 1.54) is 17.4 Å². The molecule has 1 heterocycles. The third-order valence-corrected chi connectivity index (χ3v) is 7.29. The van der Waals surface area contributed by atoms with Crippen molar-refractivity contribution in [3.05, 3.63) is 49.8 Å². The van der Waals surface area contributed by atoms with Gasteiger partial charge in [0.25, 0.3) is 5.91 Å². The Balaban J connectivity index is 1.95. The average Bonchev–Trinajstić information content (AvgIpc) is 3.00. The van der Waals surface area contributed by atoms with Crippen molar-refractivity contribution in [2.75, 3.05) is 11.9 Å². The number of carbonyl (C=O) groups excluding carboxylic acids is 2. The zero-order valence-electron chi connectivity index (χ0n) is 17.0. The highest BCUT2D eigenvalue weighted by Gasteiger charge is 2.34. The number of benzene rings is 1. The number of hydrogen-bond acceptors (Lipinski definition) is 4. The van der Waals surface area contributed by atoms with Crippen LogP contribution in [0.4, 0.5) is 5.00 Å². The Morgan fingerprint density at radius 2 is 1.97 bits per heavy atom. The van der Waals surface area contributed by atoms with E-state index in [9.17, 15) is 9.59 Å². The molecular weight excluding hydrogens is 429 g/mol. The molecule has 1 aliphatic carbocycles. The van der Waals surface area contributed by atoms with E-state index in [1.807, 2.05) is 0 Å². The number of hydrogen-bond donors (Lipinski definition) is 1. The summed E-state index contributed by atoms with van der Waals surface area (Å²) >= 11 is 13.5. The van der Waals surface area contributed by atoms with Gasteiger partial charge < -0.3 is 10.1 Å². The van der Waals surface area contributed by atoms with Gasteiger partial charge in [-0.25, -0.2) is 4.79 Å². The van der Waals surface area contributed by atoms with Gasteiger partial charge in [0.2, 0.25) is 0 Å². The van der Waals surface area contributed by atoms with Gasteiger partial charge in [-0.3, -0.25) is 4.79 Å². The van der Waals surface area contributed by atoms with E-state index in [1.54, 1.807) is 19.1 Å². The Labute approximate surface area is 185 Å². The van der Waals surface area contributed by atoms with Crippen LogP contribution in [0.5, 0.6) is 0 Å². The number of rotatable bonds is 4. The van der Waals surface area contributed by atoms with Gasteiger partial charge in [-0.15, -0.1) is 11.3 Å². The minimum absolute atomic E-state index is 0.190. The SMILES string of the molecule is CCOC(=O)c1c(NC(=O)c2ccc(Cl)c(Cl)c2)sc2c1CCC(C(C)(C)C)C2. The van der Waals surface area contributed by atoms with Crippen LogP contribution in [0.1, 0.15) is 65.3 Å². The monoisotopic (exact) mass is 453 g/mol. The van der Waals surface area contributed by atoms with Crippen molar-refractivity contribution in [3.8, 4) is 0 Å². The number of amides is 1. The minimum atomic E-state index is -0.386. The molecule has 0 fully saturated rings. The summed E-state index contributed by atoms with van der Waals surface area (Å²) in [6.45, 7) is 8.80. The molecule has 3 rings (SSSR count). The molecule has 0 bridgehead atoms. The van der Waals surface area contributed by atoms with Crippen LogP contribution >= 0.6 is 34.5 Å². The van der Waals surface area contributed by atoms with Gasteiger partial charge in [0.05, 0.1) is 22.2 Å². The highest BCUT2D eigenvalue weighted by atomic mass is 35.5. The van der Waals surface area contributed by atoms with Crippen LogP contribution in [0.25, 0.3) is 0 Å². The Kier molecular flexibility index (Phi) is 6.61. The van der Waals surface area contributed by atoms with Crippen LogP contribution in [-0.4, -0.2) is 18.5 Å². The van der Waals surface area contributed by atoms with Gasteiger partial charge in [-0.05, 0) is 61.3 Å². The summed E-state index contributed by atoms with van der Waals surface area (Å²) in [4.78, 5) is 26.6. The van der Waals surface area contributed by atoms with E-state index in [-0.39, 0.29) is 23.9 Å². The summed E-state index contributed by atoms with van der Waals surface area (Å²) < 4.78 is 5.29. The van der Waals surface area contributed by atoms with Crippen LogP contribution in [0.3, 0.4) is 0 Å². The Bertz CT molecular complexity index is 946. The topological polar surface area (TPSA) is 55.4 Å². The molecule has 2 aromatic rings. The van der Waals surface area contributed by atoms with Crippen molar-refractivity contribution in [1.82, 2.24) is 0 Å². The first kappa shape index (κ1) is 22.1. The lowest BCUT2D eigenvalue weighted by atomic mass is 9.72. The molecular formula is C22H25Cl2NO3S. The predicted molar refractivity (Wildman–Crippen MR) is 120 cm³/mol. The molecule has 0 spiro atoms. The molecule has 1 atom stereocenters. The van der Waals surface area contributed by atoms with E-state index in [2.05, 4.69) is 26.1 Å². The molecule has 1 aromatic heterocycles. The average molecular weight is 454 g/mol. The highest BCUT2D eigenvalue weighted by Crippen LogP contribution is 2.44. The lowest BCUT2D eigenvalue weighted by Crippen LogP contribution is -2.26. The molecule has 29 heavy (non-hydrogen) atoms. The largest absolute Gasteiger partial charge is 0.462 e. The maximum Gasteiger partial charge on any atom is 0.341 e. The number of halogens is 2. The third-order valence-electron chi connectivity index (χ3n) is 5.38. The van der Waals surface area contributed by atoms with Crippen LogP contribution in [-0.2, 0) is 17.6 Å². The van der Waals surface area contributed by atoms with Gasteiger partial charge in [-0.2, -0.15) is 0 Å². The summed E-state index contributed by atoms with van der Waals surface area (Å²) in [7, 11) is 0. The van der Waals surface area contributed by atoms with Gasteiger partial charge in [0, 0.05) is 10.4 Å². The molecule has 7 heteroatoms. The Hall–Kier alpha value is -1.56. The third kappa shape index (κ3) is 4.79. The van der Waals surface area contributed by atoms with Crippen molar-refractivity contribution >= 4 is 51.4 Å². The van der Waals surface area contributed by atoms with Gasteiger partial charge in [0.15, 0.2) is 0 Å². The summed E-state index contributed by atoms with van der Waals surface area (Å²) in [5.41, 5.74) is 2.08. The maximum absolute atomic E-state index is 12.8. The van der Waals surface area contributed by atoms with Gasteiger partial charge in [-0.1, -0.05) is 44.0 Å². The fourth-order valence-corrected chi connectivity index (χ4v) is 5.25. The first-order valence-electron chi connectivity index (χ1n) is 9.69. The molecule has 0 aliphatic heterocycles. The standard InChI is InChI=1S/C22H25Cl2NO3S/c1-5-28-21(27)18-14-8-7-13(22(2,3)4)11-17(14)29-20(18)25-19(26)12-6-9-15(23)16(24)10-12/h6,9-10,13H,5,7-8,11H2,1-4H3,(H,25,26). The smallest absolute Gasteiger partial charge is 0.341 e. The fourth-order valence-electron chi connectivity index (χ4n) is 3.65. The lowest BCUT2D eigenvalue weighted by molar-refractivity contribution is 0.0526. The highest BCUT2D eigenvalue weighted by molar-refractivity contribution is 7.17.